The van der Waals surface area contributed by atoms with Crippen molar-refractivity contribution >= 4 is 17.8 Å². The van der Waals surface area contributed by atoms with Crippen LogP contribution >= 0.6 is 0 Å². The Morgan fingerprint density at radius 3 is 2.27 bits per heavy atom. The molecule has 1 atom stereocenters. The van der Waals surface area contributed by atoms with Gasteiger partial charge in [0, 0.05) is 37.8 Å². The number of pyridine rings is 1. The number of anilines is 1. The molecule has 0 aliphatic heterocycles. The first-order valence-corrected chi connectivity index (χ1v) is 16.3. The van der Waals surface area contributed by atoms with E-state index in [-0.39, 0.29) is 23.9 Å². The monoisotopic (exact) mass is 612 g/mol. The van der Waals surface area contributed by atoms with Gasteiger partial charge in [-0.15, -0.1) is 0 Å². The van der Waals surface area contributed by atoms with Crippen LogP contribution in [0.2, 0.25) is 0 Å². The lowest BCUT2D eigenvalue weighted by atomic mass is 9.74. The van der Waals surface area contributed by atoms with E-state index in [4.69, 9.17) is 9.47 Å². The number of carbonyl (C=O) groups excluding carboxylic acids is 2. The predicted octanol–water partition coefficient (Wildman–Crippen LogP) is 7.18. The number of nitrogens with one attached hydrogen (secondary N) is 2. The van der Waals surface area contributed by atoms with Gasteiger partial charge in [0.25, 0.3) is 0 Å². The molecule has 1 unspecified atom stereocenters. The fourth-order valence-electron chi connectivity index (χ4n) is 7.14. The first-order valence-electron chi connectivity index (χ1n) is 16.3. The molecule has 3 aromatic rings. The molecule has 240 valence electrons. The second kappa shape index (κ2) is 14.8. The molecular formula is C37H48N4O4. The number of amides is 2. The maximum Gasteiger partial charge on any atom is 0.407 e. The zero-order valence-electron chi connectivity index (χ0n) is 27.3. The van der Waals surface area contributed by atoms with E-state index in [1.165, 1.54) is 18.2 Å². The lowest BCUT2D eigenvalue weighted by molar-refractivity contribution is -0.127. The molecule has 0 spiro atoms. The number of methoxy groups -OCH3 is 2. The summed E-state index contributed by atoms with van der Waals surface area (Å²) in [5, 5.41) is 6.43. The van der Waals surface area contributed by atoms with E-state index >= 15 is 0 Å². The zero-order valence-corrected chi connectivity index (χ0v) is 27.3. The first-order chi connectivity index (χ1) is 21.7. The van der Waals surface area contributed by atoms with Gasteiger partial charge in [-0.05, 0) is 117 Å². The van der Waals surface area contributed by atoms with Crippen molar-refractivity contribution in [1.29, 1.82) is 0 Å². The molecule has 5 rings (SSSR count). The minimum absolute atomic E-state index is 0.0540. The van der Waals surface area contributed by atoms with Crippen LogP contribution in [0.3, 0.4) is 0 Å². The number of hydrogen-bond acceptors (Lipinski definition) is 6. The maximum atomic E-state index is 13.8. The molecule has 1 aromatic heterocycles. The summed E-state index contributed by atoms with van der Waals surface area (Å²) in [7, 11) is 7.08. The predicted molar refractivity (Wildman–Crippen MR) is 179 cm³/mol. The minimum atomic E-state index is -0.408. The highest BCUT2D eigenvalue weighted by molar-refractivity contribution is 5.79. The van der Waals surface area contributed by atoms with Crippen molar-refractivity contribution in [2.45, 2.75) is 76.3 Å². The van der Waals surface area contributed by atoms with Gasteiger partial charge in [-0.25, -0.2) is 9.78 Å². The third kappa shape index (κ3) is 7.96. The van der Waals surface area contributed by atoms with E-state index in [2.05, 4.69) is 71.1 Å². The van der Waals surface area contributed by atoms with Crippen molar-refractivity contribution in [1.82, 2.24) is 15.6 Å². The number of nitrogens with zero attached hydrogens (tertiary/aromatic N) is 2. The molecule has 0 saturated heterocycles. The van der Waals surface area contributed by atoms with Crippen LogP contribution in [-0.2, 0) is 9.53 Å². The van der Waals surface area contributed by atoms with Crippen LogP contribution in [0.5, 0.6) is 5.75 Å². The topological polar surface area (TPSA) is 92.8 Å². The van der Waals surface area contributed by atoms with E-state index in [1.54, 1.807) is 7.11 Å². The first kappa shape index (κ1) is 32.3. The van der Waals surface area contributed by atoms with Crippen LogP contribution in [0.1, 0.15) is 80.0 Å². The highest BCUT2D eigenvalue weighted by Gasteiger charge is 2.34. The van der Waals surface area contributed by atoms with Crippen LogP contribution in [0, 0.1) is 18.8 Å². The molecule has 2 aliphatic carbocycles. The van der Waals surface area contributed by atoms with Gasteiger partial charge in [-0.3, -0.25) is 4.79 Å². The van der Waals surface area contributed by atoms with Crippen molar-refractivity contribution in [3.05, 3.63) is 77.5 Å². The van der Waals surface area contributed by atoms with Crippen LogP contribution in [0.4, 0.5) is 10.6 Å². The fourth-order valence-corrected chi connectivity index (χ4v) is 7.14. The molecule has 2 aromatic carbocycles. The van der Waals surface area contributed by atoms with Crippen molar-refractivity contribution < 1.29 is 19.1 Å². The van der Waals surface area contributed by atoms with Crippen molar-refractivity contribution in [3.63, 3.8) is 0 Å². The Labute approximate surface area is 267 Å². The average molecular weight is 613 g/mol. The van der Waals surface area contributed by atoms with Gasteiger partial charge in [0.05, 0.1) is 20.3 Å². The summed E-state index contributed by atoms with van der Waals surface area (Å²) in [5.41, 5.74) is 5.84. The number of aryl methyl sites for hydroxylation is 1. The molecule has 0 radical (unpaired) electrons. The maximum absolute atomic E-state index is 13.8. The number of benzene rings is 2. The van der Waals surface area contributed by atoms with Gasteiger partial charge < -0.3 is 25.0 Å². The van der Waals surface area contributed by atoms with E-state index < -0.39 is 6.09 Å². The fraction of sp³-hybridized carbons (Fsp3) is 0.486. The van der Waals surface area contributed by atoms with Crippen LogP contribution in [0.15, 0.2) is 60.8 Å². The smallest absolute Gasteiger partial charge is 0.407 e. The lowest BCUT2D eigenvalue weighted by Gasteiger charge is -2.36. The van der Waals surface area contributed by atoms with Gasteiger partial charge in [0.1, 0.15) is 11.6 Å². The number of carbonyl (C=O) groups is 2. The van der Waals surface area contributed by atoms with Gasteiger partial charge in [0.2, 0.25) is 5.91 Å². The van der Waals surface area contributed by atoms with Crippen molar-refractivity contribution in [2.75, 3.05) is 33.2 Å². The number of aromatic nitrogens is 1. The number of ether oxygens (including phenoxy) is 2. The Morgan fingerprint density at radius 2 is 1.64 bits per heavy atom. The standard InChI is InChI=1S/C37H48N4O4/c1-24-21-29(15-19-33(24)44-4)25-9-11-26(12-10-25)35(40-36(42)27-13-17-32(18-14-27)39-37(43)45-5)30-8-6-7-28(22-30)31-16-20-34(38-23-31)41(2)3/h6-8,15-16,19-23,25-27,32,35H,9-14,17-18H2,1-5H3,(H,39,43)(H,40,42). The lowest BCUT2D eigenvalue weighted by Crippen LogP contribution is -2.43. The van der Waals surface area contributed by atoms with E-state index in [9.17, 15) is 9.59 Å². The zero-order chi connectivity index (χ0) is 31.9. The summed E-state index contributed by atoms with van der Waals surface area (Å²) < 4.78 is 10.3. The summed E-state index contributed by atoms with van der Waals surface area (Å²) in [6, 6.07) is 19.3. The number of hydrogen-bond donors (Lipinski definition) is 2. The van der Waals surface area contributed by atoms with E-state index in [1.807, 2.05) is 31.3 Å². The van der Waals surface area contributed by atoms with Crippen molar-refractivity contribution in [2.24, 2.45) is 11.8 Å². The summed E-state index contributed by atoms with van der Waals surface area (Å²) in [4.78, 5) is 32.1. The van der Waals surface area contributed by atoms with Crippen molar-refractivity contribution in [3.8, 4) is 16.9 Å². The SMILES string of the molecule is COC(=O)NC1CCC(C(=O)NC(c2cccc(-c3ccc(N(C)C)nc3)c2)C2CCC(c3ccc(OC)c(C)c3)CC2)CC1. The molecule has 1 heterocycles. The van der Waals surface area contributed by atoms with E-state index in [0.717, 1.165) is 79.6 Å². The molecular weight excluding hydrogens is 564 g/mol. The van der Waals surface area contributed by atoms with Crippen LogP contribution < -0.4 is 20.3 Å². The molecule has 0 bridgehead atoms. The largest absolute Gasteiger partial charge is 0.496 e. The number of alkyl carbamates (subject to hydrolysis) is 1. The minimum Gasteiger partial charge on any atom is -0.496 e. The highest BCUT2D eigenvalue weighted by atomic mass is 16.5. The van der Waals surface area contributed by atoms with Gasteiger partial charge in [-0.1, -0.05) is 30.3 Å². The quantitative estimate of drug-likeness (QED) is 0.266. The molecule has 8 nitrogen and oxygen atoms in total. The van der Waals surface area contributed by atoms with E-state index in [0.29, 0.717) is 11.8 Å². The van der Waals surface area contributed by atoms with Gasteiger partial charge >= 0.3 is 6.09 Å². The Morgan fingerprint density at radius 1 is 0.889 bits per heavy atom. The molecule has 45 heavy (non-hydrogen) atoms. The third-order valence-corrected chi connectivity index (χ3v) is 9.82. The Balaban J connectivity index is 1.33. The van der Waals surface area contributed by atoms with Crippen LogP contribution in [0.25, 0.3) is 11.1 Å². The molecule has 2 saturated carbocycles. The Kier molecular flexibility index (Phi) is 10.6. The van der Waals surface area contributed by atoms with Gasteiger partial charge in [0.15, 0.2) is 0 Å². The van der Waals surface area contributed by atoms with Gasteiger partial charge in [-0.2, -0.15) is 0 Å². The molecule has 8 heteroatoms. The Hall–Kier alpha value is -4.07. The second-order valence-corrected chi connectivity index (χ2v) is 12.9. The molecule has 2 aliphatic rings. The molecule has 2 N–H and O–H groups in total. The highest BCUT2D eigenvalue weighted by Crippen LogP contribution is 2.42. The average Bonchev–Trinajstić information content (AvgIpc) is 3.07. The summed E-state index contributed by atoms with van der Waals surface area (Å²) in [6.07, 6.45) is 8.82. The molecule has 2 amide bonds. The summed E-state index contributed by atoms with van der Waals surface area (Å²) in [5.74, 6) is 2.75. The molecule has 2 fully saturated rings. The van der Waals surface area contributed by atoms with Crippen LogP contribution in [-0.4, -0.2) is 51.3 Å². The second-order valence-electron chi connectivity index (χ2n) is 12.9. The third-order valence-electron chi connectivity index (χ3n) is 9.82. The number of rotatable bonds is 9. The summed E-state index contributed by atoms with van der Waals surface area (Å²) >= 11 is 0. The Bertz CT molecular complexity index is 1440. The summed E-state index contributed by atoms with van der Waals surface area (Å²) in [6.45, 7) is 2.11. The normalized spacial score (nSPS) is 22.2.